The highest BCUT2D eigenvalue weighted by Gasteiger charge is 2.57. The molecule has 0 saturated heterocycles. The maximum Gasteiger partial charge on any atom is 0.425 e. The second-order valence-corrected chi connectivity index (χ2v) is 14.5. The number of ether oxygens (including phenoxy) is 5. The van der Waals surface area contributed by atoms with Crippen molar-refractivity contribution in [1.82, 2.24) is 0 Å². The Bertz CT molecular complexity index is 1520. The van der Waals surface area contributed by atoms with E-state index >= 15 is 0 Å². The second-order valence-electron chi connectivity index (χ2n) is 14.5. The van der Waals surface area contributed by atoms with Gasteiger partial charge >= 0.3 is 12.4 Å². The Labute approximate surface area is 300 Å². The van der Waals surface area contributed by atoms with Crippen molar-refractivity contribution in [2.45, 2.75) is 114 Å². The molecule has 2 aromatic carbocycles. The lowest BCUT2D eigenvalue weighted by atomic mass is 9.87. The van der Waals surface area contributed by atoms with Gasteiger partial charge in [0.25, 0.3) is 23.9 Å². The van der Waals surface area contributed by atoms with Crippen LogP contribution < -0.4 is 9.47 Å². The maximum absolute atomic E-state index is 15.0. The van der Waals surface area contributed by atoms with Gasteiger partial charge in [0.2, 0.25) is 12.7 Å². The summed E-state index contributed by atoms with van der Waals surface area (Å²) in [5, 5.41) is 0. The van der Waals surface area contributed by atoms with Gasteiger partial charge in [-0.3, -0.25) is 4.74 Å². The average molecular weight is 767 g/mol. The van der Waals surface area contributed by atoms with E-state index in [1.165, 1.54) is 48.6 Å². The van der Waals surface area contributed by atoms with E-state index in [1.54, 1.807) is 24.3 Å². The van der Waals surface area contributed by atoms with E-state index in [9.17, 15) is 43.9 Å². The summed E-state index contributed by atoms with van der Waals surface area (Å²) in [5.41, 5.74) is 0.929. The average Bonchev–Trinajstić information content (AvgIpc) is 3.05. The van der Waals surface area contributed by atoms with Crippen LogP contribution in [0.25, 0.3) is 0 Å². The van der Waals surface area contributed by atoms with Crippen molar-refractivity contribution < 1.29 is 67.6 Å². The molecule has 0 amide bonds. The molecular weight excluding hydrogens is 726 g/mol. The van der Waals surface area contributed by atoms with Crippen molar-refractivity contribution in [3.63, 3.8) is 0 Å². The van der Waals surface area contributed by atoms with E-state index in [0.717, 1.165) is 35.4 Å². The largest absolute Gasteiger partial charge is 0.455 e. The highest BCUT2D eigenvalue weighted by atomic mass is 19.4. The van der Waals surface area contributed by atoms with E-state index in [-0.39, 0.29) is 22.3 Å². The molecule has 0 aliphatic heterocycles. The predicted octanol–water partition coefficient (Wildman–Crippen LogP) is 10.6. The number of alkyl halides is 10. The number of halogens is 10. The summed E-state index contributed by atoms with van der Waals surface area (Å²) in [5.74, 6) is -5.42. The smallest absolute Gasteiger partial charge is 0.425 e. The highest BCUT2D eigenvalue weighted by Crippen LogP contribution is 2.42. The Kier molecular flexibility index (Phi) is 12.3. The Morgan fingerprint density at radius 1 is 0.509 bits per heavy atom. The van der Waals surface area contributed by atoms with E-state index in [2.05, 4.69) is 0 Å². The number of allylic oxidation sites excluding steroid dienone is 4. The Morgan fingerprint density at radius 2 is 0.830 bits per heavy atom. The minimum atomic E-state index is -5.68. The van der Waals surface area contributed by atoms with Gasteiger partial charge in [-0.1, -0.05) is 90.1 Å². The molecule has 0 spiro atoms. The van der Waals surface area contributed by atoms with Crippen LogP contribution in [0.5, 0.6) is 11.5 Å². The summed E-state index contributed by atoms with van der Waals surface area (Å²) >= 11 is 0. The number of hydrogen-bond donors (Lipinski definition) is 0. The molecule has 2 aliphatic carbocycles. The van der Waals surface area contributed by atoms with Crippen molar-refractivity contribution in [2.75, 3.05) is 0 Å². The first-order chi connectivity index (χ1) is 24.4. The molecule has 8 atom stereocenters. The van der Waals surface area contributed by atoms with Crippen LogP contribution in [0, 0.1) is 0 Å². The van der Waals surface area contributed by atoms with Gasteiger partial charge in [0.15, 0.2) is 0 Å². The van der Waals surface area contributed by atoms with Crippen molar-refractivity contribution in [2.24, 2.45) is 0 Å². The lowest BCUT2D eigenvalue weighted by Gasteiger charge is -2.47. The Morgan fingerprint density at radius 3 is 1.11 bits per heavy atom. The third-order valence-corrected chi connectivity index (χ3v) is 8.20. The monoisotopic (exact) mass is 766 g/mol. The second kappa shape index (κ2) is 15.5. The van der Waals surface area contributed by atoms with E-state index in [4.69, 9.17) is 23.7 Å². The van der Waals surface area contributed by atoms with Gasteiger partial charge in [0.1, 0.15) is 23.7 Å². The predicted molar refractivity (Wildman–Crippen MR) is 176 cm³/mol. The van der Waals surface area contributed by atoms with Crippen molar-refractivity contribution in [3.8, 4) is 11.5 Å². The zero-order valence-corrected chi connectivity index (χ0v) is 29.5. The van der Waals surface area contributed by atoms with E-state index in [1.807, 2.05) is 41.5 Å². The molecule has 0 radical (unpaired) electrons. The minimum Gasteiger partial charge on any atom is -0.455 e. The third kappa shape index (κ3) is 10.2. The lowest BCUT2D eigenvalue weighted by Crippen LogP contribution is -2.62. The first kappa shape index (κ1) is 41.9. The van der Waals surface area contributed by atoms with Gasteiger partial charge < -0.3 is 18.9 Å². The molecule has 2 aliphatic rings. The maximum atomic E-state index is 15.0. The standard InChI is InChI=1S/C38H40F10O5/c1-33(2,3)23-13-17-25(18-14-23)51-35(21-9-7-11-27(35)49-31(41)29(39)37(43,44)45)53-36(52-26-19-15-24(16-20-26)34(4,5)6)22-10-8-12-28(36)50-32(42)30(40)38(46,47)48/h7-22,27-32H,1-6H3. The van der Waals surface area contributed by atoms with Gasteiger partial charge in [0.05, 0.1) is 0 Å². The zero-order valence-electron chi connectivity index (χ0n) is 29.5. The molecule has 0 bridgehead atoms. The number of benzene rings is 2. The normalized spacial score (nSPS) is 25.9. The van der Waals surface area contributed by atoms with E-state index < -0.39 is 61.2 Å². The highest BCUT2D eigenvalue weighted by molar-refractivity contribution is 5.36. The Balaban J connectivity index is 1.88. The molecule has 15 heteroatoms. The first-order valence-corrected chi connectivity index (χ1v) is 16.4. The molecular formula is C38H40F10O5. The van der Waals surface area contributed by atoms with Crippen LogP contribution in [0.4, 0.5) is 43.9 Å². The van der Waals surface area contributed by atoms with Crippen molar-refractivity contribution in [3.05, 3.63) is 108 Å². The molecule has 2 aromatic rings. The van der Waals surface area contributed by atoms with Crippen LogP contribution in [-0.4, -0.2) is 61.2 Å². The lowest BCUT2D eigenvalue weighted by molar-refractivity contribution is -0.346. The fraction of sp³-hybridized carbons (Fsp3) is 0.474. The summed E-state index contributed by atoms with van der Waals surface area (Å²) in [7, 11) is 0. The van der Waals surface area contributed by atoms with Crippen LogP contribution >= 0.6 is 0 Å². The van der Waals surface area contributed by atoms with E-state index in [0.29, 0.717) is 0 Å². The first-order valence-electron chi connectivity index (χ1n) is 16.4. The molecule has 0 fully saturated rings. The van der Waals surface area contributed by atoms with Crippen molar-refractivity contribution >= 4 is 0 Å². The van der Waals surface area contributed by atoms with Gasteiger partial charge in [-0.25, -0.2) is 17.6 Å². The molecule has 0 aromatic heterocycles. The molecule has 8 unspecified atom stereocenters. The third-order valence-electron chi connectivity index (χ3n) is 8.20. The molecule has 5 nitrogen and oxygen atoms in total. The topological polar surface area (TPSA) is 46.2 Å². The fourth-order valence-corrected chi connectivity index (χ4v) is 5.24. The quantitative estimate of drug-likeness (QED) is 0.159. The van der Waals surface area contributed by atoms with Crippen molar-refractivity contribution in [1.29, 1.82) is 0 Å². The van der Waals surface area contributed by atoms with Crippen LogP contribution in [0.3, 0.4) is 0 Å². The summed E-state index contributed by atoms with van der Waals surface area (Å²) in [6.07, 6.45) is -22.1. The number of rotatable bonds is 12. The zero-order chi connectivity index (χ0) is 39.6. The van der Waals surface area contributed by atoms with Gasteiger partial charge in [-0.2, -0.15) is 26.3 Å². The summed E-state index contributed by atoms with van der Waals surface area (Å²) < 4.78 is 166. The summed E-state index contributed by atoms with van der Waals surface area (Å²) in [4.78, 5) is 0. The van der Waals surface area contributed by atoms with Gasteiger partial charge in [-0.05, 0) is 70.5 Å². The summed E-state index contributed by atoms with van der Waals surface area (Å²) in [6.45, 7) is 11.5. The number of hydrogen-bond acceptors (Lipinski definition) is 5. The minimum absolute atomic E-state index is 0.0590. The molecule has 292 valence electrons. The van der Waals surface area contributed by atoms with Crippen LogP contribution in [0.1, 0.15) is 52.7 Å². The molecule has 0 N–H and O–H groups in total. The van der Waals surface area contributed by atoms with Crippen LogP contribution in [0.2, 0.25) is 0 Å². The van der Waals surface area contributed by atoms with Crippen LogP contribution in [0.15, 0.2) is 97.1 Å². The molecule has 4 rings (SSSR count). The van der Waals surface area contributed by atoms with Crippen LogP contribution in [-0.2, 0) is 25.0 Å². The molecule has 53 heavy (non-hydrogen) atoms. The molecule has 0 saturated carbocycles. The SMILES string of the molecule is CC(C)(C)c1ccc(OC2(OC3(Oc4ccc(C(C)(C)C)cc4)C=CC=CC3OC(F)C(F)C(F)(F)F)C=CC=CC2OC(F)C(F)C(F)(F)F)cc1. The fourth-order valence-electron chi connectivity index (χ4n) is 5.24. The van der Waals surface area contributed by atoms with Gasteiger partial charge in [-0.15, -0.1) is 0 Å². The molecule has 0 heterocycles. The Hall–Kier alpha value is -3.82. The van der Waals surface area contributed by atoms with Gasteiger partial charge in [0, 0.05) is 0 Å². The summed E-state index contributed by atoms with van der Waals surface area (Å²) in [6, 6.07) is 12.3.